The fraction of sp³-hybridized carbons (Fsp3) is 0.636. The number of rotatable bonds is 8. The van der Waals surface area contributed by atoms with E-state index in [1.165, 1.54) is 6.42 Å². The molecule has 0 aliphatic carbocycles. The van der Waals surface area contributed by atoms with Gasteiger partial charge in [-0.2, -0.15) is 0 Å². The molecule has 0 aromatic heterocycles. The van der Waals surface area contributed by atoms with Gasteiger partial charge in [0.25, 0.3) is 0 Å². The summed E-state index contributed by atoms with van der Waals surface area (Å²) in [6.07, 6.45) is 9.36. The van der Waals surface area contributed by atoms with E-state index in [1.54, 1.807) is 11.8 Å². The van der Waals surface area contributed by atoms with E-state index in [1.807, 2.05) is 6.08 Å². The second kappa shape index (κ2) is 9.70. The van der Waals surface area contributed by atoms with Crippen molar-refractivity contribution in [2.45, 2.75) is 25.8 Å². The predicted molar refractivity (Wildman–Crippen MR) is 63.1 cm³/mol. The second-order valence-corrected chi connectivity index (χ2v) is 4.08. The van der Waals surface area contributed by atoms with Crippen molar-refractivity contribution in [3.63, 3.8) is 0 Å². The summed E-state index contributed by atoms with van der Waals surface area (Å²) in [5.74, 6) is 4.53. The third-order valence-corrected chi connectivity index (χ3v) is 2.59. The molecule has 0 amide bonds. The van der Waals surface area contributed by atoms with Crippen LogP contribution in [0.2, 0.25) is 0 Å². The fourth-order valence-electron chi connectivity index (χ4n) is 0.979. The quantitative estimate of drug-likeness (QED) is 0.364. The molecule has 74 valence electrons. The number of terminal acetylenes is 1. The highest BCUT2D eigenvalue weighted by Gasteiger charge is 1.97. The smallest absolute Gasteiger partial charge is 0.0545 e. The minimum Gasteiger partial charge on any atom is -0.313 e. The second-order valence-electron chi connectivity index (χ2n) is 2.98. The van der Waals surface area contributed by atoms with Crippen molar-refractivity contribution < 1.29 is 0 Å². The van der Waals surface area contributed by atoms with Crippen LogP contribution in [0.5, 0.6) is 0 Å². The predicted octanol–water partition coefficient (Wildman–Crippen LogP) is 2.30. The molecule has 0 radical (unpaired) electrons. The van der Waals surface area contributed by atoms with Crippen LogP contribution in [0.25, 0.3) is 0 Å². The van der Waals surface area contributed by atoms with E-state index in [-0.39, 0.29) is 0 Å². The Morgan fingerprint density at radius 2 is 2.46 bits per heavy atom. The van der Waals surface area contributed by atoms with Gasteiger partial charge >= 0.3 is 0 Å². The molecule has 1 atom stereocenters. The Morgan fingerprint density at radius 1 is 1.69 bits per heavy atom. The number of thioether (sulfide) groups is 1. The molecule has 1 N–H and O–H groups in total. The standard InChI is InChI=1S/C11H19NS/c1-4-6-7-11(3)12-8-10-13-9-5-2/h2,4,11-12H,1,6-10H2,3H3. The molecule has 0 aliphatic heterocycles. The first kappa shape index (κ1) is 12.6. The van der Waals surface area contributed by atoms with Crippen molar-refractivity contribution >= 4 is 11.8 Å². The number of allylic oxidation sites excluding steroid dienone is 1. The minimum atomic E-state index is 0.587. The van der Waals surface area contributed by atoms with E-state index in [4.69, 9.17) is 6.42 Å². The average Bonchev–Trinajstić information content (AvgIpc) is 2.14. The summed E-state index contributed by atoms with van der Waals surface area (Å²) >= 11 is 1.80. The van der Waals surface area contributed by atoms with Crippen LogP contribution < -0.4 is 5.32 Å². The zero-order valence-electron chi connectivity index (χ0n) is 8.38. The summed E-state index contributed by atoms with van der Waals surface area (Å²) in [6.45, 7) is 6.95. The molecule has 13 heavy (non-hydrogen) atoms. The fourth-order valence-corrected chi connectivity index (χ4v) is 1.50. The summed E-state index contributed by atoms with van der Waals surface area (Å²) < 4.78 is 0. The molecule has 0 saturated heterocycles. The zero-order chi connectivity index (χ0) is 9.94. The Bertz CT molecular complexity index is 160. The van der Waals surface area contributed by atoms with Crippen molar-refractivity contribution in [1.82, 2.24) is 5.32 Å². The molecule has 2 heteroatoms. The maximum absolute atomic E-state index is 5.13. The minimum absolute atomic E-state index is 0.587. The normalized spacial score (nSPS) is 12.0. The van der Waals surface area contributed by atoms with Crippen molar-refractivity contribution in [1.29, 1.82) is 0 Å². The Labute approximate surface area is 86.4 Å². The Hall–Kier alpha value is -0.390. The van der Waals surface area contributed by atoms with E-state index in [0.717, 1.165) is 24.5 Å². The van der Waals surface area contributed by atoms with Crippen molar-refractivity contribution in [3.8, 4) is 12.3 Å². The Morgan fingerprint density at radius 3 is 3.08 bits per heavy atom. The Balaban J connectivity index is 3.12. The highest BCUT2D eigenvalue weighted by molar-refractivity contribution is 7.99. The molecule has 0 aliphatic rings. The molecule has 1 nitrogen and oxygen atoms in total. The van der Waals surface area contributed by atoms with Gasteiger partial charge in [0.2, 0.25) is 0 Å². The van der Waals surface area contributed by atoms with Crippen molar-refractivity contribution in [3.05, 3.63) is 12.7 Å². The van der Waals surface area contributed by atoms with Gasteiger partial charge in [0.1, 0.15) is 0 Å². The van der Waals surface area contributed by atoms with Gasteiger partial charge in [-0.3, -0.25) is 0 Å². The highest BCUT2D eigenvalue weighted by Crippen LogP contribution is 1.99. The molecular weight excluding hydrogens is 178 g/mol. The van der Waals surface area contributed by atoms with Gasteiger partial charge in [-0.15, -0.1) is 24.8 Å². The van der Waals surface area contributed by atoms with Crippen LogP contribution in [-0.4, -0.2) is 24.1 Å². The van der Waals surface area contributed by atoms with Gasteiger partial charge in [0.05, 0.1) is 5.75 Å². The third kappa shape index (κ3) is 9.52. The first-order chi connectivity index (χ1) is 6.31. The lowest BCUT2D eigenvalue weighted by Gasteiger charge is -2.11. The van der Waals surface area contributed by atoms with Gasteiger partial charge < -0.3 is 5.32 Å². The van der Waals surface area contributed by atoms with Crippen LogP contribution in [0.3, 0.4) is 0 Å². The van der Waals surface area contributed by atoms with Crippen LogP contribution in [0.1, 0.15) is 19.8 Å². The van der Waals surface area contributed by atoms with E-state index < -0.39 is 0 Å². The number of hydrogen-bond acceptors (Lipinski definition) is 2. The monoisotopic (exact) mass is 197 g/mol. The summed E-state index contributed by atoms with van der Waals surface area (Å²) in [7, 11) is 0. The van der Waals surface area contributed by atoms with E-state index in [2.05, 4.69) is 24.7 Å². The summed E-state index contributed by atoms with van der Waals surface area (Å²) in [6, 6.07) is 0.587. The van der Waals surface area contributed by atoms with E-state index >= 15 is 0 Å². The molecule has 0 spiro atoms. The number of hydrogen-bond donors (Lipinski definition) is 1. The van der Waals surface area contributed by atoms with E-state index in [9.17, 15) is 0 Å². The molecule has 0 aromatic rings. The van der Waals surface area contributed by atoms with Gasteiger partial charge in [0.15, 0.2) is 0 Å². The lowest BCUT2D eigenvalue weighted by molar-refractivity contribution is 0.537. The third-order valence-electron chi connectivity index (χ3n) is 1.73. The lowest BCUT2D eigenvalue weighted by Crippen LogP contribution is -2.27. The summed E-state index contributed by atoms with van der Waals surface area (Å²) in [5, 5.41) is 3.44. The summed E-state index contributed by atoms with van der Waals surface area (Å²) in [4.78, 5) is 0. The topological polar surface area (TPSA) is 12.0 Å². The molecule has 0 saturated carbocycles. The van der Waals surface area contributed by atoms with Crippen LogP contribution in [0.15, 0.2) is 12.7 Å². The molecule has 0 aromatic carbocycles. The maximum Gasteiger partial charge on any atom is 0.0545 e. The molecule has 0 rings (SSSR count). The average molecular weight is 197 g/mol. The first-order valence-electron chi connectivity index (χ1n) is 4.66. The lowest BCUT2D eigenvalue weighted by atomic mass is 10.2. The highest BCUT2D eigenvalue weighted by atomic mass is 32.2. The zero-order valence-corrected chi connectivity index (χ0v) is 9.20. The van der Waals surface area contributed by atoms with Gasteiger partial charge in [0, 0.05) is 18.3 Å². The SMILES string of the molecule is C#CCSCCNC(C)CCC=C. The first-order valence-corrected chi connectivity index (χ1v) is 5.82. The largest absolute Gasteiger partial charge is 0.313 e. The van der Waals surface area contributed by atoms with Crippen LogP contribution in [0.4, 0.5) is 0 Å². The molecule has 0 bridgehead atoms. The van der Waals surface area contributed by atoms with Crippen molar-refractivity contribution in [2.24, 2.45) is 0 Å². The van der Waals surface area contributed by atoms with Crippen LogP contribution in [-0.2, 0) is 0 Å². The van der Waals surface area contributed by atoms with Gasteiger partial charge in [-0.25, -0.2) is 0 Å². The van der Waals surface area contributed by atoms with Gasteiger partial charge in [-0.05, 0) is 19.8 Å². The summed E-state index contributed by atoms with van der Waals surface area (Å²) in [5.41, 5.74) is 0. The molecule has 1 unspecified atom stereocenters. The molecule has 0 heterocycles. The number of nitrogens with one attached hydrogen (secondary N) is 1. The van der Waals surface area contributed by atoms with E-state index in [0.29, 0.717) is 6.04 Å². The molecule has 0 fully saturated rings. The van der Waals surface area contributed by atoms with Crippen LogP contribution in [0, 0.1) is 12.3 Å². The maximum atomic E-state index is 5.13. The van der Waals surface area contributed by atoms with Crippen molar-refractivity contribution in [2.75, 3.05) is 18.1 Å². The Kier molecular flexibility index (Phi) is 9.41. The molecular formula is C11H19NS. The van der Waals surface area contributed by atoms with Gasteiger partial charge in [-0.1, -0.05) is 12.0 Å². The van der Waals surface area contributed by atoms with Crippen LogP contribution >= 0.6 is 11.8 Å².